The van der Waals surface area contributed by atoms with Crippen molar-refractivity contribution in [3.05, 3.63) is 84.4 Å². The fourth-order valence-corrected chi connectivity index (χ4v) is 3.10. The Kier molecular flexibility index (Phi) is 8.69. The van der Waals surface area contributed by atoms with Crippen LogP contribution in [0.4, 0.5) is 17.1 Å². The second kappa shape index (κ2) is 12.2. The second-order valence-electron chi connectivity index (χ2n) is 7.39. The quantitative estimate of drug-likeness (QED) is 0.395. The number of carbonyl (C=O) groups excluding carboxylic acids is 2. The number of benzene rings is 3. The summed E-state index contributed by atoms with van der Waals surface area (Å²) < 4.78 is 5.59. The van der Waals surface area contributed by atoms with E-state index in [0.717, 1.165) is 23.4 Å². The largest absolute Gasteiger partial charge is 0.494 e. The molecule has 32 heavy (non-hydrogen) atoms. The van der Waals surface area contributed by atoms with E-state index in [-0.39, 0.29) is 18.4 Å². The van der Waals surface area contributed by atoms with Gasteiger partial charge in [0.05, 0.1) is 13.2 Å². The predicted molar refractivity (Wildman–Crippen MR) is 129 cm³/mol. The van der Waals surface area contributed by atoms with E-state index < -0.39 is 0 Å². The average molecular weight is 432 g/mol. The van der Waals surface area contributed by atoms with Crippen molar-refractivity contribution in [2.45, 2.75) is 26.2 Å². The van der Waals surface area contributed by atoms with Crippen LogP contribution in [0.1, 0.15) is 25.3 Å². The number of anilines is 3. The molecule has 0 saturated heterocycles. The predicted octanol–water partition coefficient (Wildman–Crippen LogP) is 5.10. The highest BCUT2D eigenvalue weighted by atomic mass is 16.5. The molecule has 6 heteroatoms. The SMILES string of the molecule is CCCOc1cccc(NC(=O)CNc2cccc(NC(=O)CCc3ccccc3)c2)c1. The number of amides is 2. The van der Waals surface area contributed by atoms with Crippen LogP contribution in [0.15, 0.2) is 78.9 Å². The van der Waals surface area contributed by atoms with Gasteiger partial charge in [0, 0.05) is 29.5 Å². The molecule has 0 atom stereocenters. The molecular formula is C26H29N3O3. The van der Waals surface area contributed by atoms with Crippen LogP contribution >= 0.6 is 0 Å². The molecule has 3 aromatic rings. The van der Waals surface area contributed by atoms with E-state index in [0.29, 0.717) is 30.8 Å². The molecule has 6 nitrogen and oxygen atoms in total. The summed E-state index contributed by atoms with van der Waals surface area (Å²) in [5, 5.41) is 8.86. The minimum absolute atomic E-state index is 0.0473. The van der Waals surface area contributed by atoms with Gasteiger partial charge < -0.3 is 20.7 Å². The first-order chi connectivity index (χ1) is 15.6. The fourth-order valence-electron chi connectivity index (χ4n) is 3.10. The number of hydrogen-bond donors (Lipinski definition) is 3. The number of rotatable bonds is 11. The minimum atomic E-state index is -0.171. The Morgan fingerprint density at radius 2 is 1.47 bits per heavy atom. The third-order valence-corrected chi connectivity index (χ3v) is 4.67. The smallest absolute Gasteiger partial charge is 0.243 e. The van der Waals surface area contributed by atoms with Crippen LogP contribution in [0, 0.1) is 0 Å². The highest BCUT2D eigenvalue weighted by molar-refractivity contribution is 5.94. The first-order valence-corrected chi connectivity index (χ1v) is 10.8. The summed E-state index contributed by atoms with van der Waals surface area (Å²) in [6.45, 7) is 2.78. The zero-order chi connectivity index (χ0) is 22.6. The van der Waals surface area contributed by atoms with Gasteiger partial charge in [-0.05, 0) is 48.7 Å². The van der Waals surface area contributed by atoms with E-state index in [9.17, 15) is 9.59 Å². The molecule has 0 spiro atoms. The van der Waals surface area contributed by atoms with Gasteiger partial charge in [-0.2, -0.15) is 0 Å². The first kappa shape index (κ1) is 22.9. The van der Waals surface area contributed by atoms with E-state index in [1.165, 1.54) is 0 Å². The van der Waals surface area contributed by atoms with Crippen molar-refractivity contribution in [1.29, 1.82) is 0 Å². The van der Waals surface area contributed by atoms with Crippen LogP contribution in [0.3, 0.4) is 0 Å². The fraction of sp³-hybridized carbons (Fsp3) is 0.231. The lowest BCUT2D eigenvalue weighted by molar-refractivity contribution is -0.116. The summed E-state index contributed by atoms with van der Waals surface area (Å²) in [7, 11) is 0. The lowest BCUT2D eigenvalue weighted by Crippen LogP contribution is -2.21. The van der Waals surface area contributed by atoms with Crippen molar-refractivity contribution in [2.75, 3.05) is 29.1 Å². The molecule has 2 amide bonds. The van der Waals surface area contributed by atoms with E-state index in [2.05, 4.69) is 16.0 Å². The molecule has 0 radical (unpaired) electrons. The Bertz CT molecular complexity index is 1020. The molecule has 0 aliphatic carbocycles. The Balaban J connectivity index is 1.46. The Morgan fingerprint density at radius 3 is 2.25 bits per heavy atom. The lowest BCUT2D eigenvalue weighted by atomic mass is 10.1. The van der Waals surface area contributed by atoms with Crippen molar-refractivity contribution in [3.8, 4) is 5.75 Å². The summed E-state index contributed by atoms with van der Waals surface area (Å²) in [6.07, 6.45) is 2.02. The van der Waals surface area contributed by atoms with Crippen molar-refractivity contribution >= 4 is 28.9 Å². The third-order valence-electron chi connectivity index (χ3n) is 4.67. The van der Waals surface area contributed by atoms with Gasteiger partial charge >= 0.3 is 0 Å². The molecule has 3 aromatic carbocycles. The van der Waals surface area contributed by atoms with Crippen molar-refractivity contribution in [2.24, 2.45) is 0 Å². The highest BCUT2D eigenvalue weighted by Gasteiger charge is 2.06. The number of hydrogen-bond acceptors (Lipinski definition) is 4. The topological polar surface area (TPSA) is 79.5 Å². The molecule has 0 aliphatic heterocycles. The maximum absolute atomic E-state index is 12.3. The summed E-state index contributed by atoms with van der Waals surface area (Å²) in [4.78, 5) is 24.6. The van der Waals surface area contributed by atoms with Crippen LogP contribution in [0.2, 0.25) is 0 Å². The maximum atomic E-state index is 12.3. The summed E-state index contributed by atoms with van der Waals surface area (Å²) in [5.41, 5.74) is 3.26. The zero-order valence-electron chi connectivity index (χ0n) is 18.3. The summed E-state index contributed by atoms with van der Waals surface area (Å²) in [6, 6.07) is 24.6. The van der Waals surface area contributed by atoms with Gasteiger partial charge in [0.25, 0.3) is 0 Å². The van der Waals surface area contributed by atoms with Gasteiger partial charge in [-0.1, -0.05) is 49.4 Å². The zero-order valence-corrected chi connectivity index (χ0v) is 18.3. The van der Waals surface area contributed by atoms with Crippen LogP contribution < -0.4 is 20.7 Å². The third kappa shape index (κ3) is 7.80. The average Bonchev–Trinajstić information content (AvgIpc) is 2.81. The number of aryl methyl sites for hydroxylation is 1. The van der Waals surface area contributed by atoms with Crippen molar-refractivity contribution in [1.82, 2.24) is 0 Å². The van der Waals surface area contributed by atoms with E-state index in [1.807, 2.05) is 79.7 Å². The van der Waals surface area contributed by atoms with Gasteiger partial charge in [-0.15, -0.1) is 0 Å². The van der Waals surface area contributed by atoms with Gasteiger partial charge in [0.1, 0.15) is 5.75 Å². The van der Waals surface area contributed by atoms with Crippen LogP contribution in [-0.2, 0) is 16.0 Å². The Morgan fingerprint density at radius 1 is 0.781 bits per heavy atom. The molecule has 0 unspecified atom stereocenters. The van der Waals surface area contributed by atoms with Gasteiger partial charge in [-0.3, -0.25) is 9.59 Å². The monoisotopic (exact) mass is 431 g/mol. The standard InChI is InChI=1S/C26H29N3O3/c1-2-16-32-24-13-7-12-23(18-24)29-26(31)19-27-21-10-6-11-22(17-21)28-25(30)15-14-20-8-4-3-5-9-20/h3-13,17-18,27H,2,14-16,19H2,1H3,(H,28,30)(H,29,31). The van der Waals surface area contributed by atoms with E-state index in [1.54, 1.807) is 6.07 Å². The molecule has 3 rings (SSSR count). The molecule has 0 aromatic heterocycles. The lowest BCUT2D eigenvalue weighted by Gasteiger charge is -2.11. The molecule has 3 N–H and O–H groups in total. The molecular weight excluding hydrogens is 402 g/mol. The van der Waals surface area contributed by atoms with Gasteiger partial charge in [-0.25, -0.2) is 0 Å². The summed E-state index contributed by atoms with van der Waals surface area (Å²) in [5.74, 6) is 0.511. The van der Waals surface area contributed by atoms with Gasteiger partial charge in [0.2, 0.25) is 11.8 Å². The summed E-state index contributed by atoms with van der Waals surface area (Å²) >= 11 is 0. The van der Waals surface area contributed by atoms with Crippen molar-refractivity contribution in [3.63, 3.8) is 0 Å². The maximum Gasteiger partial charge on any atom is 0.243 e. The minimum Gasteiger partial charge on any atom is -0.494 e. The molecule has 0 aliphatic rings. The number of nitrogens with one attached hydrogen (secondary N) is 3. The molecule has 0 fully saturated rings. The Hall–Kier alpha value is -3.80. The highest BCUT2D eigenvalue weighted by Crippen LogP contribution is 2.18. The van der Waals surface area contributed by atoms with Crippen LogP contribution in [0.25, 0.3) is 0 Å². The molecule has 0 saturated carbocycles. The normalized spacial score (nSPS) is 10.3. The van der Waals surface area contributed by atoms with E-state index >= 15 is 0 Å². The number of ether oxygens (including phenoxy) is 1. The second-order valence-corrected chi connectivity index (χ2v) is 7.39. The van der Waals surface area contributed by atoms with Crippen LogP contribution in [0.5, 0.6) is 5.75 Å². The molecule has 166 valence electrons. The van der Waals surface area contributed by atoms with Crippen molar-refractivity contribution < 1.29 is 14.3 Å². The van der Waals surface area contributed by atoms with Gasteiger partial charge in [0.15, 0.2) is 0 Å². The number of carbonyl (C=O) groups is 2. The Labute approximate surface area is 189 Å². The van der Waals surface area contributed by atoms with Crippen LogP contribution in [-0.4, -0.2) is 25.0 Å². The molecule has 0 bridgehead atoms. The molecule has 0 heterocycles. The first-order valence-electron chi connectivity index (χ1n) is 10.8. The van der Waals surface area contributed by atoms with E-state index in [4.69, 9.17) is 4.74 Å².